The van der Waals surface area contributed by atoms with Gasteiger partial charge in [0.1, 0.15) is 0 Å². The van der Waals surface area contributed by atoms with E-state index in [-0.39, 0.29) is 6.54 Å². The molecule has 4 heteroatoms. The number of rotatable bonds is 4. The maximum Gasteiger partial charge on any atom is 0.317 e. The zero-order valence-electron chi connectivity index (χ0n) is 8.03. The lowest BCUT2D eigenvalue weighted by Crippen LogP contribution is -2.33. The highest BCUT2D eigenvalue weighted by molar-refractivity contribution is 5.68. The van der Waals surface area contributed by atoms with Gasteiger partial charge in [-0.05, 0) is 25.8 Å². The summed E-state index contributed by atoms with van der Waals surface area (Å²) in [5.74, 6) is -0.146. The van der Waals surface area contributed by atoms with E-state index in [9.17, 15) is 4.79 Å². The highest BCUT2D eigenvalue weighted by Crippen LogP contribution is 2.15. The lowest BCUT2D eigenvalue weighted by Gasteiger charge is -2.26. The van der Waals surface area contributed by atoms with Crippen molar-refractivity contribution < 1.29 is 14.6 Å². The number of ether oxygens (including phenoxy) is 1. The van der Waals surface area contributed by atoms with Crippen molar-refractivity contribution in [3.63, 3.8) is 0 Å². The van der Waals surface area contributed by atoms with Crippen LogP contribution in [0.15, 0.2) is 0 Å². The number of carbonyl (C=O) groups is 1. The Hall–Kier alpha value is -0.610. The van der Waals surface area contributed by atoms with E-state index in [4.69, 9.17) is 9.84 Å². The fraction of sp³-hybridized carbons (Fsp3) is 0.889. The predicted molar refractivity (Wildman–Crippen MR) is 48.7 cm³/mol. The first kappa shape index (κ1) is 10.5. The van der Waals surface area contributed by atoms with E-state index in [1.807, 2.05) is 11.9 Å². The van der Waals surface area contributed by atoms with Crippen LogP contribution in [0, 0.1) is 5.92 Å². The van der Waals surface area contributed by atoms with Gasteiger partial charge in [0.2, 0.25) is 0 Å². The molecule has 0 amide bonds. The van der Waals surface area contributed by atoms with Crippen LogP contribution < -0.4 is 0 Å². The third-order valence-corrected chi connectivity index (χ3v) is 2.32. The molecule has 4 nitrogen and oxygen atoms in total. The van der Waals surface area contributed by atoms with Crippen LogP contribution in [0.5, 0.6) is 0 Å². The number of nitrogens with zero attached hydrogens (tertiary/aromatic N) is 1. The molecule has 1 aliphatic heterocycles. The molecule has 0 aromatic rings. The van der Waals surface area contributed by atoms with Crippen molar-refractivity contribution in [3.8, 4) is 0 Å². The van der Waals surface area contributed by atoms with Gasteiger partial charge in [0.05, 0.1) is 6.54 Å². The molecule has 0 aromatic carbocycles. The smallest absolute Gasteiger partial charge is 0.317 e. The van der Waals surface area contributed by atoms with Gasteiger partial charge in [0.25, 0.3) is 0 Å². The summed E-state index contributed by atoms with van der Waals surface area (Å²) in [6.07, 6.45) is 2.12. The number of hydrogen-bond acceptors (Lipinski definition) is 3. The van der Waals surface area contributed by atoms with Gasteiger partial charge in [-0.25, -0.2) is 0 Å². The maximum absolute atomic E-state index is 10.4. The molecule has 0 saturated carbocycles. The second kappa shape index (κ2) is 5.19. The van der Waals surface area contributed by atoms with Crippen LogP contribution in [-0.2, 0) is 9.53 Å². The fourth-order valence-electron chi connectivity index (χ4n) is 1.67. The molecule has 1 heterocycles. The Morgan fingerprint density at radius 2 is 2.15 bits per heavy atom. The largest absolute Gasteiger partial charge is 0.480 e. The van der Waals surface area contributed by atoms with Gasteiger partial charge in [0, 0.05) is 19.8 Å². The minimum absolute atomic E-state index is 0.136. The van der Waals surface area contributed by atoms with E-state index in [1.165, 1.54) is 0 Å². The fourth-order valence-corrected chi connectivity index (χ4v) is 1.67. The van der Waals surface area contributed by atoms with Gasteiger partial charge in [0.15, 0.2) is 0 Å². The molecule has 1 N–H and O–H groups in total. The first-order valence-corrected chi connectivity index (χ1v) is 4.66. The lowest BCUT2D eigenvalue weighted by atomic mass is 10.00. The van der Waals surface area contributed by atoms with Crippen LogP contribution in [0.25, 0.3) is 0 Å². The molecule has 1 rings (SSSR count). The molecular formula is C9H17NO3. The van der Waals surface area contributed by atoms with E-state index in [1.54, 1.807) is 0 Å². The molecule has 13 heavy (non-hydrogen) atoms. The van der Waals surface area contributed by atoms with Gasteiger partial charge in [-0.3, -0.25) is 9.69 Å². The van der Waals surface area contributed by atoms with Gasteiger partial charge < -0.3 is 9.84 Å². The molecule has 0 aromatic heterocycles. The van der Waals surface area contributed by atoms with Crippen LogP contribution in [0.1, 0.15) is 12.8 Å². The molecule has 76 valence electrons. The van der Waals surface area contributed by atoms with Gasteiger partial charge in [-0.2, -0.15) is 0 Å². The minimum atomic E-state index is -0.755. The summed E-state index contributed by atoms with van der Waals surface area (Å²) in [6.45, 7) is 2.66. The molecule has 0 radical (unpaired) electrons. The molecule has 1 saturated heterocycles. The van der Waals surface area contributed by atoms with E-state index in [0.717, 1.165) is 32.6 Å². The number of carboxylic acid groups (broad SMARTS) is 1. The SMILES string of the molecule is CN(CC(=O)O)CC1CCOCC1. The van der Waals surface area contributed by atoms with Crippen LogP contribution in [0.4, 0.5) is 0 Å². The van der Waals surface area contributed by atoms with Gasteiger partial charge in [-0.1, -0.05) is 0 Å². The zero-order valence-corrected chi connectivity index (χ0v) is 8.03. The highest BCUT2D eigenvalue weighted by atomic mass is 16.5. The quantitative estimate of drug-likeness (QED) is 0.693. The van der Waals surface area contributed by atoms with Crippen molar-refractivity contribution in [3.05, 3.63) is 0 Å². The summed E-state index contributed by atoms with van der Waals surface area (Å²) in [5, 5.41) is 8.55. The molecule has 1 aliphatic rings. The van der Waals surface area contributed by atoms with Crippen LogP contribution in [0.2, 0.25) is 0 Å². The van der Waals surface area contributed by atoms with Crippen molar-refractivity contribution in [2.75, 3.05) is 33.4 Å². The van der Waals surface area contributed by atoms with E-state index in [0.29, 0.717) is 5.92 Å². The molecule has 0 bridgehead atoms. The standard InChI is InChI=1S/C9H17NO3/c1-10(7-9(11)12)6-8-2-4-13-5-3-8/h8H,2-7H2,1H3,(H,11,12). The van der Waals surface area contributed by atoms with Crippen LogP contribution in [0.3, 0.4) is 0 Å². The third kappa shape index (κ3) is 4.24. The number of likely N-dealkylation sites (N-methyl/N-ethyl adjacent to an activating group) is 1. The van der Waals surface area contributed by atoms with E-state index in [2.05, 4.69) is 0 Å². The second-order valence-corrected chi connectivity index (χ2v) is 3.65. The summed E-state index contributed by atoms with van der Waals surface area (Å²) in [6, 6.07) is 0. The Balaban J connectivity index is 2.18. The third-order valence-electron chi connectivity index (χ3n) is 2.32. The van der Waals surface area contributed by atoms with Crippen LogP contribution >= 0.6 is 0 Å². The van der Waals surface area contributed by atoms with Crippen molar-refractivity contribution in [1.82, 2.24) is 4.90 Å². The Morgan fingerprint density at radius 3 is 2.69 bits per heavy atom. The Morgan fingerprint density at radius 1 is 1.54 bits per heavy atom. The molecule has 0 aliphatic carbocycles. The summed E-state index contributed by atoms with van der Waals surface area (Å²) in [7, 11) is 1.85. The first-order chi connectivity index (χ1) is 6.18. The topological polar surface area (TPSA) is 49.8 Å². The van der Waals surface area contributed by atoms with Crippen molar-refractivity contribution >= 4 is 5.97 Å². The number of aliphatic carboxylic acids is 1. The Bertz CT molecular complexity index is 166. The zero-order chi connectivity index (χ0) is 9.68. The maximum atomic E-state index is 10.4. The average Bonchev–Trinajstić information content (AvgIpc) is 2.04. The summed E-state index contributed by atoms with van der Waals surface area (Å²) < 4.78 is 5.23. The predicted octanol–water partition coefficient (Wildman–Crippen LogP) is 0.429. The normalized spacial score (nSPS) is 19.2. The average molecular weight is 187 g/mol. The monoisotopic (exact) mass is 187 g/mol. The summed E-state index contributed by atoms with van der Waals surface area (Å²) in [4.78, 5) is 12.2. The first-order valence-electron chi connectivity index (χ1n) is 4.66. The Labute approximate surface area is 78.5 Å². The minimum Gasteiger partial charge on any atom is -0.480 e. The summed E-state index contributed by atoms with van der Waals surface area (Å²) in [5.41, 5.74) is 0. The highest BCUT2D eigenvalue weighted by Gasteiger charge is 2.16. The second-order valence-electron chi connectivity index (χ2n) is 3.65. The summed E-state index contributed by atoms with van der Waals surface area (Å²) >= 11 is 0. The molecule has 0 unspecified atom stereocenters. The number of carboxylic acids is 1. The van der Waals surface area contributed by atoms with Crippen LogP contribution in [-0.4, -0.2) is 49.3 Å². The lowest BCUT2D eigenvalue weighted by molar-refractivity contribution is -0.138. The van der Waals surface area contributed by atoms with E-state index >= 15 is 0 Å². The van der Waals surface area contributed by atoms with E-state index < -0.39 is 5.97 Å². The van der Waals surface area contributed by atoms with Crippen molar-refractivity contribution in [2.45, 2.75) is 12.8 Å². The molecule has 1 fully saturated rings. The Kier molecular flexibility index (Phi) is 4.18. The van der Waals surface area contributed by atoms with Gasteiger partial charge in [-0.15, -0.1) is 0 Å². The number of hydrogen-bond donors (Lipinski definition) is 1. The molecule has 0 spiro atoms. The van der Waals surface area contributed by atoms with Crippen molar-refractivity contribution in [2.24, 2.45) is 5.92 Å². The molecule has 0 atom stereocenters. The van der Waals surface area contributed by atoms with Crippen molar-refractivity contribution in [1.29, 1.82) is 0 Å². The molecular weight excluding hydrogens is 170 g/mol. The van der Waals surface area contributed by atoms with Gasteiger partial charge >= 0.3 is 5.97 Å².